The van der Waals surface area contributed by atoms with E-state index in [0.29, 0.717) is 11.4 Å². The van der Waals surface area contributed by atoms with E-state index in [2.05, 4.69) is 51.5 Å². The van der Waals surface area contributed by atoms with Crippen molar-refractivity contribution in [2.24, 2.45) is 51.2 Å². The molecule has 0 aliphatic heterocycles. The second kappa shape index (κ2) is 31.4. The first-order valence-electron chi connectivity index (χ1n) is 25.8. The van der Waals surface area contributed by atoms with E-state index in [0.717, 1.165) is 72.8 Å². The number of carbonyl (C=O) groups is 2. The second-order valence-electron chi connectivity index (χ2n) is 19.5. The average Bonchev–Trinajstić information content (AvgIpc) is 0.757. The number of phenols is 4. The van der Waals surface area contributed by atoms with E-state index >= 15 is 0 Å². The number of phenolic OH excluding ortho intramolecular Hbond substituents is 4. The van der Waals surface area contributed by atoms with Crippen LogP contribution in [0.1, 0.15) is 20.7 Å². The van der Waals surface area contributed by atoms with Crippen LogP contribution in [0, 0.1) is 0 Å². The number of carboxylic acids is 2. The van der Waals surface area contributed by atoms with E-state index in [-0.39, 0.29) is 174 Å². The number of azo groups is 4. The van der Waals surface area contributed by atoms with E-state index in [1.165, 1.54) is 36.4 Å². The number of anilines is 4. The Bertz CT molecular complexity index is 5050. The zero-order valence-corrected chi connectivity index (χ0v) is 61.5. The van der Waals surface area contributed by atoms with Crippen molar-refractivity contribution in [3.63, 3.8) is 0 Å². The Labute approximate surface area is 632 Å². The summed E-state index contributed by atoms with van der Waals surface area (Å²) >= 11 is 0. The van der Waals surface area contributed by atoms with Crippen LogP contribution in [0.4, 0.5) is 68.2 Å². The summed E-state index contributed by atoms with van der Waals surface area (Å²) < 4.78 is 122. The minimum atomic E-state index is -5.38. The number of para-hydroxylation sites is 2. The van der Waals surface area contributed by atoms with Crippen molar-refractivity contribution in [3.05, 3.63) is 181 Å². The third-order valence-electron chi connectivity index (χ3n) is 13.4. The van der Waals surface area contributed by atoms with Gasteiger partial charge in [-0.3, -0.25) is 9.11 Å². The summed E-state index contributed by atoms with van der Waals surface area (Å²) in [6.45, 7) is 0. The van der Waals surface area contributed by atoms with Crippen molar-refractivity contribution in [3.8, 4) is 34.1 Å². The van der Waals surface area contributed by atoms with E-state index in [9.17, 15) is 83.0 Å². The molecule has 0 unspecified atom stereocenters. The Kier molecular flexibility index (Phi) is 25.3. The topological polar surface area (TPSA) is 508 Å². The molecule has 0 spiro atoms. The number of fused-ring (bicyclic) bond motifs is 2. The van der Waals surface area contributed by atoms with Crippen LogP contribution >= 0.6 is 0 Å². The first-order valence-corrected chi connectivity index (χ1v) is 31.8. The number of hydrogen-bond acceptors (Lipinski definition) is 24. The van der Waals surface area contributed by atoms with Crippen molar-refractivity contribution >= 4 is 260 Å². The van der Waals surface area contributed by atoms with Crippen molar-refractivity contribution in [1.29, 1.82) is 0 Å². The normalized spacial score (nSPS) is 11.9. The van der Waals surface area contributed by atoms with Crippen molar-refractivity contribution in [1.82, 2.24) is 0 Å². The van der Waals surface area contributed by atoms with Gasteiger partial charge in [0.15, 0.2) is 11.5 Å². The SMILES string of the molecule is NS(=O)(=O)c1ccc(O)c(N=Nc2c(Nc3ccccc3)ccc3c(O)c(N=Nc4ccc(-c5ccc(N=Nc6c(S(=O)(=O)O)cc7c(N=Nc8cc(S(N)(=O)=O)ccc8O)c(Nc8ccccc8)ccc7c6O)c(C(=O)O)c5)cc4C(=O)O)c(S(=O)(=O)O)cc23)c1.[Na].[Na].[Na].[Na]. The summed E-state index contributed by atoms with van der Waals surface area (Å²) in [5, 5.41) is 113. The van der Waals surface area contributed by atoms with Gasteiger partial charge >= 0.3 is 11.9 Å². The predicted octanol–water partition coefficient (Wildman–Crippen LogP) is 11.3. The van der Waals surface area contributed by atoms with E-state index in [4.69, 9.17) is 10.3 Å². The van der Waals surface area contributed by atoms with Gasteiger partial charge in [-0.2, -0.15) is 16.8 Å². The van der Waals surface area contributed by atoms with Crippen LogP contribution in [0.25, 0.3) is 32.7 Å². The van der Waals surface area contributed by atoms with Gasteiger partial charge in [-0.05, 0) is 132 Å². The molecule has 10 aromatic rings. The molecule has 10 rings (SSSR count). The molecule has 30 nitrogen and oxygen atoms in total. The van der Waals surface area contributed by atoms with Gasteiger partial charge in [-0.1, -0.05) is 48.5 Å². The smallest absolute Gasteiger partial charge is 0.337 e. The molecule has 0 aromatic heterocycles. The Balaban J connectivity index is 0.00000364. The molecule has 470 valence electrons. The van der Waals surface area contributed by atoms with Gasteiger partial charge in [0.05, 0.1) is 32.3 Å². The van der Waals surface area contributed by atoms with Crippen LogP contribution in [0.5, 0.6) is 23.0 Å². The Morgan fingerprint density at radius 2 is 0.698 bits per heavy atom. The molecule has 14 N–H and O–H groups in total. The molecule has 96 heavy (non-hydrogen) atoms. The molecule has 0 saturated carbocycles. The molecule has 0 aliphatic rings. The number of nitrogens with zero attached hydrogens (tertiary/aromatic N) is 8. The summed E-state index contributed by atoms with van der Waals surface area (Å²) in [5.41, 5.74) is -4.06. The largest absolute Gasteiger partial charge is 0.506 e. The summed E-state index contributed by atoms with van der Waals surface area (Å²) in [7, 11) is -19.4. The summed E-state index contributed by atoms with van der Waals surface area (Å²) in [6, 6.07) is 36.4. The molecule has 0 bridgehead atoms. The minimum absolute atomic E-state index is 0. The van der Waals surface area contributed by atoms with E-state index < -0.39 is 140 Å². The molecule has 0 aliphatic carbocycles. The molecule has 0 atom stereocenters. The van der Waals surface area contributed by atoms with E-state index in [1.807, 2.05) is 0 Å². The van der Waals surface area contributed by atoms with Crippen LogP contribution in [0.15, 0.2) is 230 Å². The van der Waals surface area contributed by atoms with Crippen LogP contribution in [-0.2, 0) is 40.3 Å². The maximum absolute atomic E-state index is 13.1. The minimum Gasteiger partial charge on any atom is -0.506 e. The Morgan fingerprint density at radius 3 is 1.02 bits per heavy atom. The number of aromatic hydroxyl groups is 4. The first kappa shape index (κ1) is 77.5. The fourth-order valence-electron chi connectivity index (χ4n) is 9.05. The van der Waals surface area contributed by atoms with Gasteiger partial charge in [0.25, 0.3) is 20.2 Å². The van der Waals surface area contributed by atoms with Crippen molar-refractivity contribution in [2.45, 2.75) is 19.6 Å². The third-order valence-corrected chi connectivity index (χ3v) is 17.0. The van der Waals surface area contributed by atoms with Crippen LogP contribution < -0.4 is 20.9 Å². The Hall–Kier alpha value is -7.50. The number of hydrogen-bond donors (Lipinski definition) is 12. The first-order chi connectivity index (χ1) is 43.4. The van der Waals surface area contributed by atoms with Gasteiger partial charge < -0.3 is 41.3 Å². The molecule has 10 aromatic carbocycles. The van der Waals surface area contributed by atoms with Gasteiger partial charge in [-0.15, -0.1) is 40.9 Å². The number of rotatable bonds is 19. The summed E-state index contributed by atoms with van der Waals surface area (Å²) in [4.78, 5) is 22.6. The van der Waals surface area contributed by atoms with E-state index in [1.54, 1.807) is 60.7 Å². The number of benzene rings is 10. The molecule has 0 saturated heterocycles. The fourth-order valence-corrected chi connectivity index (χ4v) is 11.4. The zero-order valence-electron chi connectivity index (χ0n) is 50.2. The third kappa shape index (κ3) is 17.4. The maximum Gasteiger partial charge on any atom is 0.337 e. The maximum atomic E-state index is 13.1. The van der Waals surface area contributed by atoms with Crippen LogP contribution in [-0.4, -0.2) is 204 Å². The standard InChI is InChI=1S/C58H42N12O18S4.4Na/c59-89(79,80)33-13-21-47(71)45(25-33)65-67-51-37-27-49(91(83,84)85)53(55(73)35(37)15-19-43(51)61-31-7-3-1-4-8-31)69-63-41-17-11-29(23-39(41)57(75)76)30-12-18-42(40(24-30)58(77)78)64-70-54-50(92(86,87)88)28-38-36(56(54)74)16-20-44(62-32-9-5-2-6-10-32)52(38)68-66-46-26-34(90(60,81)82)14-22-48(46)72;;;;/h1-28,61-62,71-74H,(H,75,76)(H,77,78)(H2,59,79,80)(H2,60,81,82)(H,83,84,85)(H,86,87,88);;;;. The molecule has 4 radical (unpaired) electrons. The molecular weight excluding hydrogens is 1370 g/mol. The number of carboxylic acid groups (broad SMARTS) is 2. The predicted molar refractivity (Wildman–Crippen MR) is 355 cm³/mol. The van der Waals surface area contributed by atoms with Gasteiger partial charge in [0.2, 0.25) is 20.0 Å². The summed E-state index contributed by atoms with van der Waals surface area (Å²) in [5.74, 6) is -6.25. The number of aromatic carboxylic acids is 2. The van der Waals surface area contributed by atoms with Crippen molar-refractivity contribution < 1.29 is 83.0 Å². The quantitative estimate of drug-likeness (QED) is 0.0203. The number of primary sulfonamides is 2. The number of sulfonamides is 2. The molecule has 0 fully saturated rings. The molecule has 0 heterocycles. The number of nitrogens with one attached hydrogen (secondary N) is 2. The summed E-state index contributed by atoms with van der Waals surface area (Å²) in [6.07, 6.45) is 0. The molecular formula is C58H42N12Na4O18S4. The average molecular weight is 1420 g/mol. The fraction of sp³-hybridized carbons (Fsp3) is 0. The van der Waals surface area contributed by atoms with Gasteiger partial charge in [-0.25, -0.2) is 36.7 Å². The Morgan fingerprint density at radius 1 is 0.365 bits per heavy atom. The second-order valence-corrected chi connectivity index (χ2v) is 25.4. The molecule has 0 amide bonds. The van der Waals surface area contributed by atoms with Gasteiger partial charge in [0, 0.05) is 151 Å². The van der Waals surface area contributed by atoms with Crippen LogP contribution in [0.3, 0.4) is 0 Å². The number of nitrogens with two attached hydrogens (primary N) is 2. The monoisotopic (exact) mass is 1410 g/mol. The van der Waals surface area contributed by atoms with Gasteiger partial charge in [0.1, 0.15) is 66.8 Å². The molecule has 38 heteroatoms. The zero-order chi connectivity index (χ0) is 66.2. The van der Waals surface area contributed by atoms with Crippen LogP contribution in [0.2, 0.25) is 0 Å². The van der Waals surface area contributed by atoms with Crippen molar-refractivity contribution in [2.75, 3.05) is 10.6 Å².